The molecule has 1 unspecified atom stereocenters. The second-order valence-electron chi connectivity index (χ2n) is 16.5. The van der Waals surface area contributed by atoms with Crippen LogP contribution in [0.1, 0.15) is 83.3 Å². The number of ether oxygens (including phenoxy) is 4. The molecule has 6 rings (SSSR count). The summed E-state index contributed by atoms with van der Waals surface area (Å²) in [5.41, 5.74) is -3.38. The number of amides is 1. The Morgan fingerprint density at radius 1 is 1.02 bits per heavy atom. The molecule has 3 aliphatic carbocycles. The molecule has 12 atom stereocenters. The average molecular weight is 778 g/mol. The first kappa shape index (κ1) is 40.9. The molecule has 12 nitrogen and oxygen atoms in total. The molecule has 0 spiro atoms. The summed E-state index contributed by atoms with van der Waals surface area (Å²) >= 11 is 0. The Hall–Kier alpha value is -3.77. The number of carbonyl (C=O) groups is 4. The van der Waals surface area contributed by atoms with Crippen molar-refractivity contribution in [3.8, 4) is 0 Å². The normalized spacial score (nSPS) is 35.4. The first-order chi connectivity index (χ1) is 25.8. The van der Waals surface area contributed by atoms with Gasteiger partial charge in [-0.1, -0.05) is 88.1 Å². The number of hydrogen-bond donors (Lipinski definition) is 4. The second kappa shape index (κ2) is 15.0. The molecule has 0 radical (unpaired) electrons. The fourth-order valence-electron chi connectivity index (χ4n) is 10.2. The van der Waals surface area contributed by atoms with E-state index >= 15 is 4.79 Å². The predicted octanol–water partition coefficient (Wildman–Crippen LogP) is 5.16. The monoisotopic (exact) mass is 777 g/mol. The Morgan fingerprint density at radius 2 is 1.64 bits per heavy atom. The van der Waals surface area contributed by atoms with E-state index in [4.69, 9.17) is 18.9 Å². The number of Topliss-reactive ketones (excluding diaryl/α,β-unsaturated/α-hetero) is 1. The number of aliphatic hydroxyl groups is 3. The van der Waals surface area contributed by atoms with E-state index in [-0.39, 0.29) is 39.0 Å². The van der Waals surface area contributed by atoms with Crippen LogP contribution in [0.5, 0.6) is 0 Å². The van der Waals surface area contributed by atoms with Gasteiger partial charge < -0.3 is 39.6 Å². The summed E-state index contributed by atoms with van der Waals surface area (Å²) in [6, 6.07) is 16.1. The minimum Gasteiger partial charge on any atom is -0.458 e. The highest BCUT2D eigenvalue weighted by Crippen LogP contribution is 2.67. The molecule has 2 aromatic rings. The third-order valence-electron chi connectivity index (χ3n) is 13.4. The van der Waals surface area contributed by atoms with Crippen LogP contribution >= 0.6 is 8.20 Å². The molecule has 296 valence electrons. The SMILES string of the molecule is C=PC(=O)N[C@@H](c1ccccc1)[C@@H](O)C(O)O[C@H]1C[C@@]2(C)[C@@H](OC(=O)c3ccccc3)[C@@H]3[C@]4(OC(C)=O)CO[C@@H]4C[C@H](O)[C@@]3(C)C(=O)[C@H](C)C(=C1C)C2(C)C. The Bertz CT molecular complexity index is 1870. The van der Waals surface area contributed by atoms with Crippen molar-refractivity contribution in [1.82, 2.24) is 5.32 Å². The standard InChI is InChI=1S/C42H52NO11P/c1-22-27(52-37(49)32(46)31(43-38(50)55-8)25-15-11-9-12-16-25)20-40(6)35(53-36(48)26-17-13-10-14-18-26)33-41(7,34(47)23(2)30(22)39(40,4)5)28(45)19-29-42(33,21-51-29)54-24(3)44/h9-18,23,27-29,31-33,35,37,45-46,49H,8,19-21H2,1-7H3,(H,43,50)/t23-,27+,28+,29-,31+,32-,33+,35+,37?,40+,41-,42+/m1/s1. The van der Waals surface area contributed by atoms with Crippen LogP contribution in [-0.2, 0) is 28.5 Å². The van der Waals surface area contributed by atoms with Crippen molar-refractivity contribution in [1.29, 1.82) is 0 Å². The Kier molecular flexibility index (Phi) is 11.1. The molecule has 1 saturated heterocycles. The molecular formula is C42H52NO11P. The smallest absolute Gasteiger partial charge is 0.338 e. The zero-order valence-corrected chi connectivity index (χ0v) is 33.2. The quantitative estimate of drug-likeness (QED) is 0.108. The van der Waals surface area contributed by atoms with Crippen molar-refractivity contribution in [2.75, 3.05) is 6.61 Å². The molecule has 2 aromatic carbocycles. The van der Waals surface area contributed by atoms with Gasteiger partial charge in [-0.2, -0.15) is 0 Å². The van der Waals surface area contributed by atoms with E-state index in [9.17, 15) is 29.7 Å². The Morgan fingerprint density at radius 3 is 2.20 bits per heavy atom. The van der Waals surface area contributed by atoms with Gasteiger partial charge in [0.2, 0.25) is 0 Å². The number of benzene rings is 2. The van der Waals surface area contributed by atoms with Gasteiger partial charge >= 0.3 is 11.9 Å². The summed E-state index contributed by atoms with van der Waals surface area (Å²) < 4.78 is 25.2. The zero-order valence-electron chi connectivity index (χ0n) is 32.4. The zero-order chi connectivity index (χ0) is 40.2. The third-order valence-corrected chi connectivity index (χ3v) is 13.8. The molecule has 1 amide bonds. The van der Waals surface area contributed by atoms with Crippen molar-refractivity contribution in [2.24, 2.45) is 28.1 Å². The van der Waals surface area contributed by atoms with Gasteiger partial charge in [0, 0.05) is 24.7 Å². The number of nitrogens with one attached hydrogen (secondary N) is 1. The summed E-state index contributed by atoms with van der Waals surface area (Å²) in [6.45, 7) is 12.4. The topological polar surface area (TPSA) is 178 Å². The lowest BCUT2D eigenvalue weighted by atomic mass is 9.41. The van der Waals surface area contributed by atoms with Crippen LogP contribution in [0.3, 0.4) is 0 Å². The van der Waals surface area contributed by atoms with Crippen molar-refractivity contribution in [2.45, 2.75) is 110 Å². The van der Waals surface area contributed by atoms with Crippen molar-refractivity contribution >= 4 is 37.9 Å². The second-order valence-corrected chi connectivity index (χ2v) is 17.2. The average Bonchev–Trinajstić information content (AvgIpc) is 3.15. The fraction of sp³-hybridized carbons (Fsp3) is 0.548. The summed E-state index contributed by atoms with van der Waals surface area (Å²) in [5, 5.41) is 38.0. The Balaban J connectivity index is 1.51. The van der Waals surface area contributed by atoms with Crippen LogP contribution in [0.4, 0.5) is 4.79 Å². The molecule has 13 heteroatoms. The molecule has 1 aliphatic heterocycles. The van der Waals surface area contributed by atoms with Crippen LogP contribution in [-0.4, -0.2) is 94.0 Å². The number of aliphatic hydroxyl groups excluding tert-OH is 3. The third kappa shape index (κ3) is 6.58. The van der Waals surface area contributed by atoms with Gasteiger partial charge in [-0.05, 0) is 57.2 Å². The first-order valence-electron chi connectivity index (χ1n) is 18.7. The van der Waals surface area contributed by atoms with Gasteiger partial charge in [-0.25, -0.2) is 4.79 Å². The molecule has 4 aliphatic rings. The molecule has 0 aromatic heterocycles. The number of rotatable bonds is 10. The van der Waals surface area contributed by atoms with E-state index in [0.29, 0.717) is 16.7 Å². The number of ketones is 1. The van der Waals surface area contributed by atoms with E-state index in [1.807, 2.05) is 27.7 Å². The van der Waals surface area contributed by atoms with E-state index in [0.717, 1.165) is 0 Å². The Labute approximate surface area is 323 Å². The minimum absolute atomic E-state index is 0.0265. The molecule has 1 heterocycles. The van der Waals surface area contributed by atoms with Crippen LogP contribution in [0, 0.1) is 28.1 Å². The highest BCUT2D eigenvalue weighted by molar-refractivity contribution is 7.55. The summed E-state index contributed by atoms with van der Waals surface area (Å²) in [7, 11) is 0.160. The number of fused-ring (bicyclic) bond motifs is 5. The van der Waals surface area contributed by atoms with E-state index in [2.05, 4.69) is 11.6 Å². The highest BCUT2D eigenvalue weighted by atomic mass is 31.1. The van der Waals surface area contributed by atoms with Gasteiger partial charge in [-0.15, -0.1) is 0 Å². The lowest BCUT2D eigenvalue weighted by molar-refractivity contribution is -0.340. The molecule has 2 bridgehead atoms. The lowest BCUT2D eigenvalue weighted by Gasteiger charge is -2.68. The lowest BCUT2D eigenvalue weighted by Crippen LogP contribution is -2.80. The summed E-state index contributed by atoms with van der Waals surface area (Å²) in [5.74, 6) is -3.49. The predicted molar refractivity (Wildman–Crippen MR) is 204 cm³/mol. The number of esters is 2. The van der Waals surface area contributed by atoms with Crippen LogP contribution in [0.2, 0.25) is 0 Å². The highest BCUT2D eigenvalue weighted by Gasteiger charge is 2.76. The van der Waals surface area contributed by atoms with Gasteiger partial charge in [0.05, 0.1) is 41.8 Å². The van der Waals surface area contributed by atoms with Gasteiger partial charge in [0.15, 0.2) is 11.9 Å². The van der Waals surface area contributed by atoms with Crippen LogP contribution in [0.25, 0.3) is 0 Å². The number of hydrogen-bond acceptors (Lipinski definition) is 11. The summed E-state index contributed by atoms with van der Waals surface area (Å²) in [6.07, 6.45) is -3.87. The molecule has 3 fully saturated rings. The van der Waals surface area contributed by atoms with Crippen LogP contribution in [0.15, 0.2) is 71.8 Å². The maximum absolute atomic E-state index is 15.2. The van der Waals surface area contributed by atoms with Gasteiger partial charge in [0.25, 0.3) is 5.65 Å². The van der Waals surface area contributed by atoms with Crippen molar-refractivity contribution in [3.63, 3.8) is 0 Å². The minimum atomic E-state index is -1.84. The molecular weight excluding hydrogens is 725 g/mol. The van der Waals surface area contributed by atoms with E-state index in [1.165, 1.54) is 6.92 Å². The van der Waals surface area contributed by atoms with Gasteiger partial charge in [-0.3, -0.25) is 14.4 Å². The maximum atomic E-state index is 15.2. The fourth-order valence-corrected chi connectivity index (χ4v) is 10.4. The largest absolute Gasteiger partial charge is 0.458 e. The number of allylic oxidation sites excluding steroid dienone is 1. The molecule has 55 heavy (non-hydrogen) atoms. The molecule has 4 N–H and O–H groups in total. The van der Waals surface area contributed by atoms with E-state index in [1.54, 1.807) is 74.5 Å². The first-order valence-corrected chi connectivity index (χ1v) is 19.8. The van der Waals surface area contributed by atoms with Crippen molar-refractivity contribution in [3.05, 3.63) is 82.9 Å². The molecule has 2 saturated carbocycles. The number of carbonyl (C=O) groups excluding carboxylic acids is 4. The van der Waals surface area contributed by atoms with Gasteiger partial charge in [0.1, 0.15) is 24.1 Å². The van der Waals surface area contributed by atoms with E-state index < -0.39 is 94.1 Å². The van der Waals surface area contributed by atoms with Crippen LogP contribution < -0.4 is 5.32 Å². The maximum Gasteiger partial charge on any atom is 0.338 e. The summed E-state index contributed by atoms with van der Waals surface area (Å²) in [4.78, 5) is 54.9. The van der Waals surface area contributed by atoms with Crippen molar-refractivity contribution < 1.29 is 53.4 Å².